The molecule has 0 aliphatic carbocycles. The van der Waals surface area contributed by atoms with Crippen LogP contribution in [-0.4, -0.2) is 55.6 Å². The standard InChI is InChI=1S/C8H19N3/c1-3-11-5-4-10(2)8(6-9)7-11/h8H,3-7,9H2,1-2H3. The van der Waals surface area contributed by atoms with Gasteiger partial charge in [0.15, 0.2) is 0 Å². The Balaban J connectivity index is 2.37. The van der Waals surface area contributed by atoms with Crippen molar-refractivity contribution in [3.8, 4) is 0 Å². The summed E-state index contributed by atoms with van der Waals surface area (Å²) in [5.74, 6) is 0. The highest BCUT2D eigenvalue weighted by molar-refractivity contribution is 4.79. The molecule has 0 saturated carbocycles. The summed E-state index contributed by atoms with van der Waals surface area (Å²) >= 11 is 0. The maximum atomic E-state index is 5.64. The molecule has 1 aliphatic heterocycles. The van der Waals surface area contributed by atoms with Gasteiger partial charge in [0, 0.05) is 32.2 Å². The largest absolute Gasteiger partial charge is 0.329 e. The van der Waals surface area contributed by atoms with Crippen molar-refractivity contribution < 1.29 is 0 Å². The van der Waals surface area contributed by atoms with Gasteiger partial charge < -0.3 is 10.6 Å². The van der Waals surface area contributed by atoms with Crippen LogP contribution in [0.15, 0.2) is 0 Å². The molecule has 11 heavy (non-hydrogen) atoms. The van der Waals surface area contributed by atoms with Crippen molar-refractivity contribution in [2.24, 2.45) is 5.73 Å². The number of rotatable bonds is 2. The third-order valence-electron chi connectivity index (χ3n) is 2.58. The van der Waals surface area contributed by atoms with E-state index in [9.17, 15) is 0 Å². The van der Waals surface area contributed by atoms with E-state index in [1.165, 1.54) is 6.54 Å². The summed E-state index contributed by atoms with van der Waals surface area (Å²) in [7, 11) is 2.16. The minimum atomic E-state index is 0.573. The molecule has 1 fully saturated rings. The highest BCUT2D eigenvalue weighted by Gasteiger charge is 2.21. The molecule has 1 saturated heterocycles. The smallest absolute Gasteiger partial charge is 0.0343 e. The van der Waals surface area contributed by atoms with E-state index in [0.29, 0.717) is 6.04 Å². The Kier molecular flexibility index (Phi) is 3.30. The van der Waals surface area contributed by atoms with Gasteiger partial charge in [-0.25, -0.2) is 0 Å². The van der Waals surface area contributed by atoms with Gasteiger partial charge in [0.1, 0.15) is 0 Å². The lowest BCUT2D eigenvalue weighted by Gasteiger charge is -2.38. The molecule has 3 nitrogen and oxygen atoms in total. The van der Waals surface area contributed by atoms with E-state index < -0.39 is 0 Å². The summed E-state index contributed by atoms with van der Waals surface area (Å²) in [6.07, 6.45) is 0. The summed E-state index contributed by atoms with van der Waals surface area (Å²) in [5.41, 5.74) is 5.64. The van der Waals surface area contributed by atoms with Gasteiger partial charge in [0.05, 0.1) is 0 Å². The number of nitrogens with zero attached hydrogens (tertiary/aromatic N) is 2. The van der Waals surface area contributed by atoms with Crippen molar-refractivity contribution in [3.05, 3.63) is 0 Å². The van der Waals surface area contributed by atoms with Crippen LogP contribution in [0, 0.1) is 0 Å². The van der Waals surface area contributed by atoms with Gasteiger partial charge in [-0.3, -0.25) is 4.90 Å². The Morgan fingerprint density at radius 2 is 2.18 bits per heavy atom. The van der Waals surface area contributed by atoms with Gasteiger partial charge in [-0.2, -0.15) is 0 Å². The summed E-state index contributed by atoms with van der Waals surface area (Å²) in [6, 6.07) is 0.573. The first-order valence-corrected chi connectivity index (χ1v) is 4.40. The van der Waals surface area contributed by atoms with E-state index in [2.05, 4.69) is 23.8 Å². The van der Waals surface area contributed by atoms with Crippen LogP contribution in [0.3, 0.4) is 0 Å². The van der Waals surface area contributed by atoms with Gasteiger partial charge in [-0.05, 0) is 13.6 Å². The van der Waals surface area contributed by atoms with Crippen molar-refractivity contribution in [2.75, 3.05) is 39.8 Å². The Morgan fingerprint density at radius 3 is 2.73 bits per heavy atom. The predicted molar refractivity (Wildman–Crippen MR) is 47.6 cm³/mol. The van der Waals surface area contributed by atoms with Gasteiger partial charge in [-0.15, -0.1) is 0 Å². The van der Waals surface area contributed by atoms with Crippen LogP contribution in [0.1, 0.15) is 6.92 Å². The molecule has 0 aromatic heterocycles. The highest BCUT2D eigenvalue weighted by atomic mass is 15.3. The quantitative estimate of drug-likeness (QED) is 0.591. The lowest BCUT2D eigenvalue weighted by molar-refractivity contribution is 0.104. The van der Waals surface area contributed by atoms with Crippen LogP contribution < -0.4 is 5.73 Å². The third kappa shape index (κ3) is 2.15. The second kappa shape index (κ2) is 4.04. The molecule has 1 unspecified atom stereocenters. The number of nitrogens with two attached hydrogens (primary N) is 1. The maximum Gasteiger partial charge on any atom is 0.0343 e. The molecule has 0 amide bonds. The first-order valence-electron chi connectivity index (χ1n) is 4.40. The average molecular weight is 157 g/mol. The Bertz CT molecular complexity index is 116. The monoisotopic (exact) mass is 157 g/mol. The lowest BCUT2D eigenvalue weighted by Crippen LogP contribution is -2.54. The zero-order valence-corrected chi connectivity index (χ0v) is 7.58. The minimum absolute atomic E-state index is 0.573. The SMILES string of the molecule is CCN1CCN(C)C(CN)C1. The fraction of sp³-hybridized carbons (Fsp3) is 1.00. The zero-order valence-electron chi connectivity index (χ0n) is 7.58. The summed E-state index contributed by atoms with van der Waals surface area (Å²) in [4.78, 5) is 4.81. The first-order chi connectivity index (χ1) is 5.27. The van der Waals surface area contributed by atoms with Gasteiger partial charge in [-0.1, -0.05) is 6.92 Å². The molecule has 3 heteroatoms. The second-order valence-electron chi connectivity index (χ2n) is 3.26. The van der Waals surface area contributed by atoms with E-state index in [4.69, 9.17) is 5.73 Å². The number of piperazine rings is 1. The number of hydrogen-bond acceptors (Lipinski definition) is 3. The highest BCUT2D eigenvalue weighted by Crippen LogP contribution is 2.05. The fourth-order valence-electron chi connectivity index (χ4n) is 1.55. The topological polar surface area (TPSA) is 32.5 Å². The number of likely N-dealkylation sites (N-methyl/N-ethyl adjacent to an activating group) is 2. The third-order valence-corrected chi connectivity index (χ3v) is 2.58. The van der Waals surface area contributed by atoms with Crippen molar-refractivity contribution >= 4 is 0 Å². The fourth-order valence-corrected chi connectivity index (χ4v) is 1.55. The van der Waals surface area contributed by atoms with Crippen LogP contribution in [0.5, 0.6) is 0 Å². The first kappa shape index (κ1) is 8.97. The molecular weight excluding hydrogens is 138 g/mol. The molecule has 1 aliphatic rings. The number of hydrogen-bond donors (Lipinski definition) is 1. The zero-order chi connectivity index (χ0) is 8.27. The normalized spacial score (nSPS) is 29.2. The van der Waals surface area contributed by atoms with Crippen LogP contribution in [0.4, 0.5) is 0 Å². The van der Waals surface area contributed by atoms with E-state index in [1.807, 2.05) is 0 Å². The molecule has 1 atom stereocenters. The van der Waals surface area contributed by atoms with E-state index in [0.717, 1.165) is 26.2 Å². The molecule has 1 rings (SSSR count). The van der Waals surface area contributed by atoms with E-state index in [-0.39, 0.29) is 0 Å². The second-order valence-corrected chi connectivity index (χ2v) is 3.26. The van der Waals surface area contributed by atoms with Crippen LogP contribution in [-0.2, 0) is 0 Å². The molecule has 0 bridgehead atoms. The van der Waals surface area contributed by atoms with Crippen molar-refractivity contribution in [1.82, 2.24) is 9.80 Å². The molecule has 1 heterocycles. The molecule has 0 radical (unpaired) electrons. The van der Waals surface area contributed by atoms with Gasteiger partial charge in [0.25, 0.3) is 0 Å². The van der Waals surface area contributed by atoms with Crippen LogP contribution in [0.25, 0.3) is 0 Å². The van der Waals surface area contributed by atoms with E-state index >= 15 is 0 Å². The van der Waals surface area contributed by atoms with Crippen molar-refractivity contribution in [2.45, 2.75) is 13.0 Å². The maximum absolute atomic E-state index is 5.64. The van der Waals surface area contributed by atoms with Gasteiger partial charge in [0.2, 0.25) is 0 Å². The Labute approximate surface area is 69.1 Å². The molecular formula is C8H19N3. The molecule has 66 valence electrons. The molecule has 0 aromatic rings. The van der Waals surface area contributed by atoms with Crippen molar-refractivity contribution in [1.29, 1.82) is 0 Å². The van der Waals surface area contributed by atoms with Crippen LogP contribution >= 0.6 is 0 Å². The average Bonchev–Trinajstić information content (AvgIpc) is 2.05. The molecule has 2 N–H and O–H groups in total. The van der Waals surface area contributed by atoms with Gasteiger partial charge >= 0.3 is 0 Å². The summed E-state index contributed by atoms with van der Waals surface area (Å²) < 4.78 is 0. The minimum Gasteiger partial charge on any atom is -0.329 e. The summed E-state index contributed by atoms with van der Waals surface area (Å²) in [6.45, 7) is 7.65. The summed E-state index contributed by atoms with van der Waals surface area (Å²) in [5, 5.41) is 0. The Morgan fingerprint density at radius 1 is 1.45 bits per heavy atom. The molecule has 0 aromatic carbocycles. The van der Waals surface area contributed by atoms with E-state index in [1.54, 1.807) is 0 Å². The molecule has 0 spiro atoms. The lowest BCUT2D eigenvalue weighted by atomic mass is 10.2. The van der Waals surface area contributed by atoms with Crippen LogP contribution in [0.2, 0.25) is 0 Å². The van der Waals surface area contributed by atoms with Crippen molar-refractivity contribution in [3.63, 3.8) is 0 Å². The Hall–Kier alpha value is -0.120. The predicted octanol–water partition coefficient (Wildman–Crippen LogP) is -0.419.